The van der Waals surface area contributed by atoms with Gasteiger partial charge >= 0.3 is 5.97 Å². The van der Waals surface area contributed by atoms with Gasteiger partial charge in [0.2, 0.25) is 15.8 Å². The van der Waals surface area contributed by atoms with Crippen LogP contribution in [0.2, 0.25) is 5.02 Å². The molecule has 0 saturated carbocycles. The summed E-state index contributed by atoms with van der Waals surface area (Å²) in [5.74, 6) is -0.607. The molecule has 10 heteroatoms. The minimum atomic E-state index is -3.75. The van der Waals surface area contributed by atoms with Crippen molar-refractivity contribution in [1.82, 2.24) is 4.31 Å². The first-order valence-electron chi connectivity index (χ1n) is 10.00. The molecule has 0 N–H and O–H groups in total. The molecule has 1 fully saturated rings. The van der Waals surface area contributed by atoms with Crippen LogP contribution in [0.25, 0.3) is 0 Å². The standard InChI is InChI=1S/C22H24ClNO7S/c1-29-15-6-8-17(21(12-15)30-2)20(25)14-31-22(26)18-13-16(7-9-19(18)23)32(27,28)24-10-4-3-5-11-24/h6-9,12-13H,3-5,10-11,14H2,1-2H3. The minimum absolute atomic E-state index is 0.0297. The van der Waals surface area contributed by atoms with Crippen LogP contribution in [0.15, 0.2) is 41.3 Å². The third kappa shape index (κ3) is 5.23. The van der Waals surface area contributed by atoms with Gasteiger partial charge in [0.1, 0.15) is 11.5 Å². The van der Waals surface area contributed by atoms with Crippen LogP contribution in [0.4, 0.5) is 0 Å². The molecule has 0 amide bonds. The average molecular weight is 482 g/mol. The first-order valence-corrected chi connectivity index (χ1v) is 11.8. The fourth-order valence-electron chi connectivity index (χ4n) is 3.39. The fourth-order valence-corrected chi connectivity index (χ4v) is 5.13. The molecule has 1 aliphatic rings. The zero-order chi connectivity index (χ0) is 23.3. The predicted octanol–water partition coefficient (Wildman–Crippen LogP) is 3.57. The lowest BCUT2D eigenvalue weighted by atomic mass is 10.1. The Hall–Kier alpha value is -2.62. The van der Waals surface area contributed by atoms with Crippen molar-refractivity contribution < 1.29 is 32.2 Å². The van der Waals surface area contributed by atoms with E-state index in [1.165, 1.54) is 42.8 Å². The average Bonchev–Trinajstić information content (AvgIpc) is 2.82. The molecule has 172 valence electrons. The number of methoxy groups -OCH3 is 2. The van der Waals surface area contributed by atoms with Crippen LogP contribution in [-0.4, -0.2) is 58.4 Å². The molecule has 2 aromatic rings. The van der Waals surface area contributed by atoms with Crippen molar-refractivity contribution in [2.45, 2.75) is 24.2 Å². The molecule has 0 atom stereocenters. The zero-order valence-electron chi connectivity index (χ0n) is 17.8. The van der Waals surface area contributed by atoms with E-state index >= 15 is 0 Å². The maximum absolute atomic E-state index is 12.9. The number of ether oxygens (including phenoxy) is 3. The molecule has 2 aromatic carbocycles. The topological polar surface area (TPSA) is 99.2 Å². The first-order chi connectivity index (χ1) is 15.3. The molecule has 1 saturated heterocycles. The molecule has 1 aliphatic heterocycles. The van der Waals surface area contributed by atoms with E-state index in [0.717, 1.165) is 19.3 Å². The Kier molecular flexibility index (Phi) is 7.76. The second kappa shape index (κ2) is 10.3. The number of esters is 1. The highest BCUT2D eigenvalue weighted by Crippen LogP contribution is 2.27. The Morgan fingerprint density at radius 2 is 1.69 bits per heavy atom. The quantitative estimate of drug-likeness (QED) is 0.419. The molecule has 0 unspecified atom stereocenters. The van der Waals surface area contributed by atoms with Gasteiger partial charge in [-0.25, -0.2) is 13.2 Å². The summed E-state index contributed by atoms with van der Waals surface area (Å²) in [6, 6.07) is 8.52. The molecular weight excluding hydrogens is 458 g/mol. The van der Waals surface area contributed by atoms with Crippen LogP contribution in [0.3, 0.4) is 0 Å². The number of sulfonamides is 1. The summed E-state index contributed by atoms with van der Waals surface area (Å²) in [5.41, 5.74) is 0.0906. The monoisotopic (exact) mass is 481 g/mol. The SMILES string of the molecule is COc1ccc(C(=O)COC(=O)c2cc(S(=O)(=O)N3CCCCC3)ccc2Cl)c(OC)c1. The summed E-state index contributed by atoms with van der Waals surface area (Å²) in [6.07, 6.45) is 2.56. The number of nitrogens with zero attached hydrogens (tertiary/aromatic N) is 1. The number of hydrogen-bond donors (Lipinski definition) is 0. The molecule has 0 aliphatic carbocycles. The molecule has 0 bridgehead atoms. The number of Topliss-reactive ketones (excluding diaryl/α,β-unsaturated/α-hetero) is 1. The summed E-state index contributed by atoms with van der Waals surface area (Å²) in [6.45, 7) is 0.298. The molecular formula is C22H24ClNO7S. The van der Waals surface area contributed by atoms with Gasteiger partial charge in [-0.3, -0.25) is 4.79 Å². The minimum Gasteiger partial charge on any atom is -0.497 e. The number of halogens is 1. The number of ketones is 1. The molecule has 0 aromatic heterocycles. The Morgan fingerprint density at radius 1 is 0.969 bits per heavy atom. The Labute approximate surface area is 192 Å². The summed E-state index contributed by atoms with van der Waals surface area (Å²) in [4.78, 5) is 25.1. The third-order valence-electron chi connectivity index (χ3n) is 5.15. The summed E-state index contributed by atoms with van der Waals surface area (Å²) in [5, 5.41) is 0.0297. The van der Waals surface area contributed by atoms with Crippen LogP contribution in [0, 0.1) is 0 Å². The Bertz CT molecular complexity index is 1110. The smallest absolute Gasteiger partial charge is 0.340 e. The number of hydrogen-bond acceptors (Lipinski definition) is 7. The number of rotatable bonds is 8. The van der Waals surface area contributed by atoms with E-state index in [-0.39, 0.29) is 26.8 Å². The lowest BCUT2D eigenvalue weighted by molar-refractivity contribution is 0.0474. The molecule has 0 spiro atoms. The number of carbonyl (C=O) groups is 2. The highest BCUT2D eigenvalue weighted by Gasteiger charge is 2.28. The van der Waals surface area contributed by atoms with Crippen LogP contribution in [0.5, 0.6) is 11.5 Å². The van der Waals surface area contributed by atoms with Crippen molar-refractivity contribution in [3.05, 3.63) is 52.5 Å². The largest absolute Gasteiger partial charge is 0.497 e. The lowest BCUT2D eigenvalue weighted by Crippen LogP contribution is -2.35. The van der Waals surface area contributed by atoms with Crippen molar-refractivity contribution >= 4 is 33.4 Å². The van der Waals surface area contributed by atoms with Gasteiger partial charge in [-0.05, 0) is 43.2 Å². The second-order valence-electron chi connectivity index (χ2n) is 7.17. The van der Waals surface area contributed by atoms with Gasteiger partial charge in [0.25, 0.3) is 0 Å². The van der Waals surface area contributed by atoms with Crippen molar-refractivity contribution in [1.29, 1.82) is 0 Å². The van der Waals surface area contributed by atoms with E-state index in [2.05, 4.69) is 0 Å². The van der Waals surface area contributed by atoms with Crippen molar-refractivity contribution in [3.8, 4) is 11.5 Å². The van der Waals surface area contributed by atoms with Gasteiger partial charge in [-0.1, -0.05) is 18.0 Å². The van der Waals surface area contributed by atoms with Crippen LogP contribution >= 0.6 is 11.6 Å². The maximum atomic E-state index is 12.9. The third-order valence-corrected chi connectivity index (χ3v) is 7.38. The first kappa shape index (κ1) is 24.0. The van der Waals surface area contributed by atoms with Gasteiger partial charge in [-0.15, -0.1) is 0 Å². The summed E-state index contributed by atoms with van der Waals surface area (Å²) in [7, 11) is -0.857. The van der Waals surface area contributed by atoms with E-state index in [4.69, 9.17) is 25.8 Å². The van der Waals surface area contributed by atoms with Crippen molar-refractivity contribution in [2.24, 2.45) is 0 Å². The number of carbonyl (C=O) groups excluding carboxylic acids is 2. The predicted molar refractivity (Wildman–Crippen MR) is 118 cm³/mol. The van der Waals surface area contributed by atoms with E-state index in [0.29, 0.717) is 18.8 Å². The normalized spacial score (nSPS) is 14.6. The van der Waals surface area contributed by atoms with Crippen LogP contribution in [-0.2, 0) is 14.8 Å². The second-order valence-corrected chi connectivity index (χ2v) is 9.52. The van der Waals surface area contributed by atoms with E-state index in [1.54, 1.807) is 12.1 Å². The van der Waals surface area contributed by atoms with Crippen LogP contribution < -0.4 is 9.47 Å². The maximum Gasteiger partial charge on any atom is 0.340 e. The lowest BCUT2D eigenvalue weighted by Gasteiger charge is -2.26. The van der Waals surface area contributed by atoms with Crippen molar-refractivity contribution in [3.63, 3.8) is 0 Å². The van der Waals surface area contributed by atoms with Gasteiger partial charge < -0.3 is 14.2 Å². The zero-order valence-corrected chi connectivity index (χ0v) is 19.4. The van der Waals surface area contributed by atoms with Gasteiger partial charge in [0.15, 0.2) is 6.61 Å². The Balaban J connectivity index is 1.75. The van der Waals surface area contributed by atoms with E-state index < -0.39 is 28.4 Å². The van der Waals surface area contributed by atoms with E-state index in [9.17, 15) is 18.0 Å². The summed E-state index contributed by atoms with van der Waals surface area (Å²) >= 11 is 6.11. The van der Waals surface area contributed by atoms with Gasteiger partial charge in [-0.2, -0.15) is 4.31 Å². The highest BCUT2D eigenvalue weighted by molar-refractivity contribution is 7.89. The van der Waals surface area contributed by atoms with Gasteiger partial charge in [0.05, 0.1) is 35.3 Å². The van der Waals surface area contributed by atoms with Gasteiger partial charge in [0, 0.05) is 19.2 Å². The molecule has 32 heavy (non-hydrogen) atoms. The number of piperidine rings is 1. The van der Waals surface area contributed by atoms with E-state index in [1.807, 2.05) is 0 Å². The highest BCUT2D eigenvalue weighted by atomic mass is 35.5. The van der Waals surface area contributed by atoms with Crippen molar-refractivity contribution in [2.75, 3.05) is 33.9 Å². The fraction of sp³-hybridized carbons (Fsp3) is 0.364. The Morgan fingerprint density at radius 3 is 2.34 bits per heavy atom. The van der Waals surface area contributed by atoms with Crippen LogP contribution in [0.1, 0.15) is 40.0 Å². The summed E-state index contributed by atoms with van der Waals surface area (Å²) < 4.78 is 42.6. The molecule has 1 heterocycles. The molecule has 8 nitrogen and oxygen atoms in total. The molecule has 3 rings (SSSR count). The number of benzene rings is 2. The molecule has 0 radical (unpaired) electrons.